The molecule has 0 atom stereocenters. The van der Waals surface area contributed by atoms with Crippen LogP contribution in [0.3, 0.4) is 0 Å². The van der Waals surface area contributed by atoms with Crippen molar-refractivity contribution in [1.82, 2.24) is 4.98 Å². The standard InChI is InChI=1S/C23H26N2O2/c1-6-18-14(2)19-12-11-17(13-20(19)25-22(18)27)24-21(26)15-7-9-16(10-8-15)23(3,4)5/h7-13H,6H2,1-5H3,(H,24,26)(H,25,27). The minimum atomic E-state index is -0.168. The van der Waals surface area contributed by atoms with Crippen LogP contribution in [0.4, 0.5) is 5.69 Å². The summed E-state index contributed by atoms with van der Waals surface area (Å²) in [7, 11) is 0. The van der Waals surface area contributed by atoms with Crippen LogP contribution in [0.5, 0.6) is 0 Å². The first-order chi connectivity index (χ1) is 12.7. The molecule has 4 nitrogen and oxygen atoms in total. The molecule has 1 aromatic heterocycles. The van der Waals surface area contributed by atoms with Gasteiger partial charge in [0.1, 0.15) is 0 Å². The van der Waals surface area contributed by atoms with E-state index in [1.165, 1.54) is 5.56 Å². The van der Waals surface area contributed by atoms with Gasteiger partial charge in [-0.1, -0.05) is 45.9 Å². The molecular formula is C23H26N2O2. The smallest absolute Gasteiger partial charge is 0.255 e. The highest BCUT2D eigenvalue weighted by Crippen LogP contribution is 2.24. The van der Waals surface area contributed by atoms with Gasteiger partial charge in [0.15, 0.2) is 0 Å². The third kappa shape index (κ3) is 3.80. The largest absolute Gasteiger partial charge is 0.322 e. The fourth-order valence-electron chi connectivity index (χ4n) is 3.33. The van der Waals surface area contributed by atoms with Crippen LogP contribution in [0.25, 0.3) is 10.9 Å². The third-order valence-corrected chi connectivity index (χ3v) is 5.02. The lowest BCUT2D eigenvalue weighted by Crippen LogP contribution is -2.15. The summed E-state index contributed by atoms with van der Waals surface area (Å²) in [6, 6.07) is 13.3. The maximum atomic E-state index is 12.6. The zero-order valence-electron chi connectivity index (χ0n) is 16.6. The number of pyridine rings is 1. The minimum Gasteiger partial charge on any atom is -0.322 e. The Labute approximate surface area is 159 Å². The summed E-state index contributed by atoms with van der Waals surface area (Å²) in [4.78, 5) is 27.7. The first kappa shape index (κ1) is 18.9. The molecule has 1 heterocycles. The number of amides is 1. The van der Waals surface area contributed by atoms with Crippen LogP contribution in [-0.4, -0.2) is 10.9 Å². The number of nitrogens with one attached hydrogen (secondary N) is 2. The predicted octanol–water partition coefficient (Wildman–Crippen LogP) is 4.95. The average molecular weight is 362 g/mol. The van der Waals surface area contributed by atoms with E-state index < -0.39 is 0 Å². The van der Waals surface area contributed by atoms with E-state index in [1.54, 1.807) is 0 Å². The van der Waals surface area contributed by atoms with E-state index in [2.05, 4.69) is 31.1 Å². The second-order valence-corrected chi connectivity index (χ2v) is 7.95. The second-order valence-electron chi connectivity index (χ2n) is 7.95. The Balaban J connectivity index is 1.88. The topological polar surface area (TPSA) is 62.0 Å². The Kier molecular flexibility index (Phi) is 4.92. The van der Waals surface area contributed by atoms with Crippen molar-refractivity contribution in [2.45, 2.75) is 46.5 Å². The Morgan fingerprint density at radius 1 is 1.07 bits per heavy atom. The molecule has 4 heteroatoms. The monoisotopic (exact) mass is 362 g/mol. The summed E-state index contributed by atoms with van der Waals surface area (Å²) in [6.45, 7) is 10.4. The Morgan fingerprint density at radius 3 is 2.33 bits per heavy atom. The van der Waals surface area contributed by atoms with E-state index in [0.717, 1.165) is 22.0 Å². The van der Waals surface area contributed by atoms with Crippen molar-refractivity contribution in [2.75, 3.05) is 5.32 Å². The molecule has 0 spiro atoms. The summed E-state index contributed by atoms with van der Waals surface area (Å²) in [5.41, 5.74) is 4.96. The van der Waals surface area contributed by atoms with Crippen molar-refractivity contribution < 1.29 is 4.79 Å². The van der Waals surface area contributed by atoms with E-state index >= 15 is 0 Å². The molecule has 0 unspecified atom stereocenters. The van der Waals surface area contributed by atoms with Gasteiger partial charge < -0.3 is 10.3 Å². The second kappa shape index (κ2) is 7.03. The molecule has 1 amide bonds. The van der Waals surface area contributed by atoms with Gasteiger partial charge in [0.25, 0.3) is 11.5 Å². The number of aromatic amines is 1. The van der Waals surface area contributed by atoms with Crippen molar-refractivity contribution in [3.63, 3.8) is 0 Å². The molecular weight excluding hydrogens is 336 g/mol. The molecule has 0 bridgehead atoms. The number of fused-ring (bicyclic) bond motifs is 1. The van der Waals surface area contributed by atoms with E-state index in [4.69, 9.17) is 0 Å². The summed E-state index contributed by atoms with van der Waals surface area (Å²) in [5, 5.41) is 3.91. The number of hydrogen-bond donors (Lipinski definition) is 2. The molecule has 0 aliphatic carbocycles. The predicted molar refractivity (Wildman–Crippen MR) is 112 cm³/mol. The molecule has 0 aliphatic rings. The zero-order chi connectivity index (χ0) is 19.8. The van der Waals surface area contributed by atoms with E-state index in [1.807, 2.05) is 56.3 Å². The quantitative estimate of drug-likeness (QED) is 0.692. The maximum absolute atomic E-state index is 12.6. The molecule has 140 valence electrons. The molecule has 0 aliphatic heterocycles. The number of benzene rings is 2. The summed E-state index contributed by atoms with van der Waals surface area (Å²) in [6.07, 6.45) is 0.695. The minimum absolute atomic E-state index is 0.0500. The van der Waals surface area contributed by atoms with Gasteiger partial charge in [-0.25, -0.2) is 0 Å². The van der Waals surface area contributed by atoms with Gasteiger partial charge in [-0.3, -0.25) is 9.59 Å². The van der Waals surface area contributed by atoms with Crippen LogP contribution < -0.4 is 10.9 Å². The molecule has 2 N–H and O–H groups in total. The number of H-pyrrole nitrogens is 1. The first-order valence-corrected chi connectivity index (χ1v) is 9.28. The van der Waals surface area contributed by atoms with Crippen LogP contribution >= 0.6 is 0 Å². The van der Waals surface area contributed by atoms with Gasteiger partial charge >= 0.3 is 0 Å². The van der Waals surface area contributed by atoms with Crippen LogP contribution in [0.1, 0.15) is 54.7 Å². The van der Waals surface area contributed by atoms with Crippen molar-refractivity contribution in [2.24, 2.45) is 0 Å². The lowest BCUT2D eigenvalue weighted by Gasteiger charge is -2.19. The molecule has 3 rings (SSSR count). The Bertz CT molecular complexity index is 1050. The SMILES string of the molecule is CCc1c(C)c2ccc(NC(=O)c3ccc(C(C)(C)C)cc3)cc2[nH]c1=O. The molecule has 0 saturated carbocycles. The van der Waals surface area contributed by atoms with Gasteiger partial charge in [0, 0.05) is 22.2 Å². The molecule has 3 aromatic rings. The highest BCUT2D eigenvalue weighted by Gasteiger charge is 2.15. The van der Waals surface area contributed by atoms with Crippen molar-refractivity contribution in [3.8, 4) is 0 Å². The number of carbonyl (C=O) groups is 1. The lowest BCUT2D eigenvalue weighted by atomic mass is 9.87. The van der Waals surface area contributed by atoms with E-state index in [9.17, 15) is 9.59 Å². The molecule has 0 fully saturated rings. The van der Waals surface area contributed by atoms with Gasteiger partial charge in [-0.05, 0) is 54.2 Å². The van der Waals surface area contributed by atoms with Crippen molar-refractivity contribution in [1.29, 1.82) is 0 Å². The van der Waals surface area contributed by atoms with Crippen LogP contribution in [0.15, 0.2) is 47.3 Å². The summed E-state index contributed by atoms with van der Waals surface area (Å²) < 4.78 is 0. The van der Waals surface area contributed by atoms with E-state index in [0.29, 0.717) is 17.7 Å². The zero-order valence-corrected chi connectivity index (χ0v) is 16.6. The van der Waals surface area contributed by atoms with E-state index in [-0.39, 0.29) is 16.9 Å². The van der Waals surface area contributed by atoms with Crippen LogP contribution in [-0.2, 0) is 11.8 Å². The fourth-order valence-corrected chi connectivity index (χ4v) is 3.33. The number of carbonyl (C=O) groups excluding carboxylic acids is 1. The fraction of sp³-hybridized carbons (Fsp3) is 0.304. The third-order valence-electron chi connectivity index (χ3n) is 5.02. The number of rotatable bonds is 3. The Morgan fingerprint density at radius 2 is 1.74 bits per heavy atom. The summed E-state index contributed by atoms with van der Waals surface area (Å²) in [5.74, 6) is -0.168. The number of aryl methyl sites for hydroxylation is 1. The maximum Gasteiger partial charge on any atom is 0.255 e. The highest BCUT2D eigenvalue weighted by molar-refractivity contribution is 6.05. The van der Waals surface area contributed by atoms with Gasteiger partial charge in [-0.2, -0.15) is 0 Å². The molecule has 2 aromatic carbocycles. The van der Waals surface area contributed by atoms with Crippen LogP contribution in [0, 0.1) is 6.92 Å². The van der Waals surface area contributed by atoms with Gasteiger partial charge in [0.2, 0.25) is 0 Å². The molecule has 0 saturated heterocycles. The van der Waals surface area contributed by atoms with Gasteiger partial charge in [0.05, 0.1) is 5.52 Å². The van der Waals surface area contributed by atoms with Crippen LogP contribution in [0.2, 0.25) is 0 Å². The lowest BCUT2D eigenvalue weighted by molar-refractivity contribution is 0.102. The molecule has 0 radical (unpaired) electrons. The Hall–Kier alpha value is -2.88. The molecule has 27 heavy (non-hydrogen) atoms. The normalized spacial score (nSPS) is 11.6. The number of aromatic nitrogens is 1. The van der Waals surface area contributed by atoms with Crippen molar-refractivity contribution >= 4 is 22.5 Å². The number of anilines is 1. The van der Waals surface area contributed by atoms with Gasteiger partial charge in [-0.15, -0.1) is 0 Å². The van der Waals surface area contributed by atoms with Crippen molar-refractivity contribution in [3.05, 3.63) is 75.1 Å². The average Bonchev–Trinajstić information content (AvgIpc) is 2.61. The first-order valence-electron chi connectivity index (χ1n) is 9.28. The number of hydrogen-bond acceptors (Lipinski definition) is 2. The highest BCUT2D eigenvalue weighted by atomic mass is 16.1. The summed E-state index contributed by atoms with van der Waals surface area (Å²) >= 11 is 0.